The number of hydrogen-bond donors (Lipinski definition) is 0. The maximum atomic E-state index is 12.6. The Morgan fingerprint density at radius 3 is 2.70 bits per heavy atom. The number of hydrogen-bond acceptors (Lipinski definition) is 3. The molecule has 1 aromatic heterocycles. The van der Waals surface area contributed by atoms with E-state index >= 15 is 0 Å². The third-order valence-corrected chi connectivity index (χ3v) is 4.06. The molecular weight excluding hydrogens is 274 g/mol. The van der Waals surface area contributed by atoms with Gasteiger partial charge in [-0.3, -0.25) is 14.6 Å². The van der Waals surface area contributed by atoms with Crippen molar-refractivity contribution in [3.63, 3.8) is 0 Å². The zero-order valence-corrected chi connectivity index (χ0v) is 11.1. The molecule has 2 aromatic rings. The second kappa shape index (κ2) is 3.87. The number of halogens is 1. The van der Waals surface area contributed by atoms with E-state index in [-0.39, 0.29) is 11.6 Å². The van der Waals surface area contributed by atoms with E-state index in [1.807, 2.05) is 6.07 Å². The van der Waals surface area contributed by atoms with Gasteiger partial charge in [-0.15, -0.1) is 0 Å². The number of carbonyl (C=O) groups is 2. The SMILES string of the molecule is O=C1C2=C(C(=O)c3cnccc31)c1cc(Cl)ccc1C2. The highest BCUT2D eigenvalue weighted by molar-refractivity contribution is 6.42. The minimum absolute atomic E-state index is 0.0793. The molecule has 4 heteroatoms. The fourth-order valence-electron chi connectivity index (χ4n) is 2.90. The first-order valence-electron chi connectivity index (χ1n) is 6.22. The Balaban J connectivity index is 2.00. The molecule has 0 bridgehead atoms. The molecule has 0 spiro atoms. The van der Waals surface area contributed by atoms with Gasteiger partial charge in [0, 0.05) is 40.5 Å². The number of nitrogens with zero attached hydrogens (tertiary/aromatic N) is 1. The van der Waals surface area contributed by atoms with Gasteiger partial charge in [0.1, 0.15) is 0 Å². The van der Waals surface area contributed by atoms with Gasteiger partial charge >= 0.3 is 0 Å². The summed E-state index contributed by atoms with van der Waals surface area (Å²) in [5.41, 5.74) is 3.65. The molecule has 0 N–H and O–H groups in total. The Labute approximate surface area is 119 Å². The molecule has 0 unspecified atom stereocenters. The average Bonchev–Trinajstić information content (AvgIpc) is 2.84. The summed E-state index contributed by atoms with van der Waals surface area (Å²) in [6.07, 6.45) is 3.49. The Bertz CT molecular complexity index is 836. The number of pyridine rings is 1. The van der Waals surface area contributed by atoms with E-state index < -0.39 is 0 Å². The lowest BCUT2D eigenvalue weighted by Crippen LogP contribution is -2.19. The van der Waals surface area contributed by atoms with Crippen molar-refractivity contribution in [3.05, 3.63) is 69.5 Å². The van der Waals surface area contributed by atoms with Crippen LogP contribution in [-0.4, -0.2) is 16.6 Å². The van der Waals surface area contributed by atoms with E-state index in [0.29, 0.717) is 33.7 Å². The Hall–Kier alpha value is -2.26. The maximum absolute atomic E-state index is 12.6. The number of allylic oxidation sites excluding steroid dienone is 2. The van der Waals surface area contributed by atoms with E-state index in [1.54, 1.807) is 18.2 Å². The molecule has 3 nitrogen and oxygen atoms in total. The van der Waals surface area contributed by atoms with E-state index in [0.717, 1.165) is 11.1 Å². The molecular formula is C16H8ClNO2. The first-order chi connectivity index (χ1) is 9.66. The lowest BCUT2D eigenvalue weighted by atomic mass is 9.85. The molecule has 0 atom stereocenters. The summed E-state index contributed by atoms with van der Waals surface area (Å²) in [7, 11) is 0. The summed E-state index contributed by atoms with van der Waals surface area (Å²) in [4.78, 5) is 29.1. The Morgan fingerprint density at radius 1 is 1.00 bits per heavy atom. The normalized spacial score (nSPS) is 16.1. The highest BCUT2D eigenvalue weighted by Crippen LogP contribution is 2.41. The van der Waals surface area contributed by atoms with E-state index in [4.69, 9.17) is 11.6 Å². The number of fused-ring (bicyclic) bond motifs is 3. The number of rotatable bonds is 0. The lowest BCUT2D eigenvalue weighted by Gasteiger charge is -2.15. The van der Waals surface area contributed by atoms with E-state index in [2.05, 4.69) is 4.98 Å². The highest BCUT2D eigenvalue weighted by atomic mass is 35.5. The van der Waals surface area contributed by atoms with Crippen LogP contribution >= 0.6 is 11.6 Å². The van der Waals surface area contributed by atoms with E-state index in [1.165, 1.54) is 12.4 Å². The smallest absolute Gasteiger partial charge is 0.196 e. The fraction of sp³-hybridized carbons (Fsp3) is 0.0625. The average molecular weight is 282 g/mol. The van der Waals surface area contributed by atoms with Crippen LogP contribution in [0.15, 0.2) is 42.2 Å². The molecule has 0 aliphatic heterocycles. The lowest BCUT2D eigenvalue weighted by molar-refractivity contribution is 0.0991. The highest BCUT2D eigenvalue weighted by Gasteiger charge is 2.37. The Kier molecular flexibility index (Phi) is 2.24. The molecule has 1 aromatic carbocycles. The van der Waals surface area contributed by atoms with Gasteiger partial charge < -0.3 is 0 Å². The second-order valence-corrected chi connectivity index (χ2v) is 5.35. The summed E-state index contributed by atoms with van der Waals surface area (Å²) < 4.78 is 0. The topological polar surface area (TPSA) is 47.0 Å². The van der Waals surface area contributed by atoms with Crippen molar-refractivity contribution in [1.29, 1.82) is 0 Å². The molecule has 0 radical (unpaired) electrons. The number of carbonyl (C=O) groups excluding carboxylic acids is 2. The van der Waals surface area contributed by atoms with Gasteiger partial charge in [0.15, 0.2) is 11.6 Å². The molecule has 4 rings (SSSR count). The van der Waals surface area contributed by atoms with Crippen molar-refractivity contribution >= 4 is 28.7 Å². The van der Waals surface area contributed by atoms with Gasteiger partial charge in [0.05, 0.1) is 5.56 Å². The summed E-state index contributed by atoms with van der Waals surface area (Å²) >= 11 is 6.01. The molecule has 96 valence electrons. The summed E-state index contributed by atoms with van der Waals surface area (Å²) in [5.74, 6) is -0.215. The molecule has 1 heterocycles. The van der Waals surface area contributed by atoms with Crippen molar-refractivity contribution in [2.75, 3.05) is 0 Å². The molecule has 20 heavy (non-hydrogen) atoms. The molecule has 0 amide bonds. The van der Waals surface area contributed by atoms with E-state index in [9.17, 15) is 9.59 Å². The monoisotopic (exact) mass is 281 g/mol. The molecule has 0 saturated heterocycles. The third-order valence-electron chi connectivity index (χ3n) is 3.82. The van der Waals surface area contributed by atoms with Crippen LogP contribution in [0, 0.1) is 0 Å². The minimum Gasteiger partial charge on any atom is -0.289 e. The van der Waals surface area contributed by atoms with Gasteiger partial charge in [0.25, 0.3) is 0 Å². The van der Waals surface area contributed by atoms with Crippen molar-refractivity contribution < 1.29 is 9.59 Å². The first kappa shape index (κ1) is 11.6. The van der Waals surface area contributed by atoms with Crippen molar-refractivity contribution in [2.45, 2.75) is 6.42 Å². The second-order valence-electron chi connectivity index (χ2n) is 4.91. The van der Waals surface area contributed by atoms with Gasteiger partial charge in [-0.2, -0.15) is 0 Å². The largest absolute Gasteiger partial charge is 0.289 e. The number of aromatic nitrogens is 1. The molecule has 2 aliphatic carbocycles. The number of benzene rings is 1. The molecule has 0 saturated carbocycles. The quantitative estimate of drug-likeness (QED) is 0.745. The van der Waals surface area contributed by atoms with Crippen LogP contribution in [0.2, 0.25) is 5.02 Å². The summed E-state index contributed by atoms with van der Waals surface area (Å²) in [6, 6.07) is 7.02. The van der Waals surface area contributed by atoms with Crippen LogP contribution in [0.4, 0.5) is 0 Å². The van der Waals surface area contributed by atoms with Crippen LogP contribution in [0.3, 0.4) is 0 Å². The van der Waals surface area contributed by atoms with Crippen molar-refractivity contribution in [2.24, 2.45) is 0 Å². The predicted octanol–water partition coefficient (Wildman–Crippen LogP) is 3.12. The van der Waals surface area contributed by atoms with Gasteiger partial charge in [-0.05, 0) is 29.3 Å². The van der Waals surface area contributed by atoms with Crippen LogP contribution in [0.5, 0.6) is 0 Å². The first-order valence-corrected chi connectivity index (χ1v) is 6.60. The number of ketones is 2. The maximum Gasteiger partial charge on any atom is 0.196 e. The summed E-state index contributed by atoms with van der Waals surface area (Å²) in [5, 5.41) is 0.565. The van der Waals surface area contributed by atoms with Crippen molar-refractivity contribution in [1.82, 2.24) is 4.98 Å². The van der Waals surface area contributed by atoms with Gasteiger partial charge in [-0.1, -0.05) is 17.7 Å². The standard InChI is InChI=1S/C16H8ClNO2/c17-9-2-1-8-5-12-14(11(8)6-9)16(20)13-7-18-4-3-10(13)15(12)19/h1-4,6-7H,5H2. The predicted molar refractivity (Wildman–Crippen MR) is 75.0 cm³/mol. The zero-order valence-electron chi connectivity index (χ0n) is 10.3. The van der Waals surface area contributed by atoms with Crippen LogP contribution in [-0.2, 0) is 6.42 Å². The molecule has 0 fully saturated rings. The third kappa shape index (κ3) is 1.38. The van der Waals surface area contributed by atoms with Crippen LogP contribution in [0.25, 0.3) is 5.57 Å². The van der Waals surface area contributed by atoms with Crippen molar-refractivity contribution in [3.8, 4) is 0 Å². The zero-order chi connectivity index (χ0) is 13.9. The van der Waals surface area contributed by atoms with Gasteiger partial charge in [-0.25, -0.2) is 0 Å². The molecule has 2 aliphatic rings. The minimum atomic E-state index is -0.135. The van der Waals surface area contributed by atoms with Crippen LogP contribution in [0.1, 0.15) is 31.8 Å². The summed E-state index contributed by atoms with van der Waals surface area (Å²) in [6.45, 7) is 0. The van der Waals surface area contributed by atoms with Gasteiger partial charge in [0.2, 0.25) is 0 Å². The number of Topliss-reactive ketones (excluding diaryl/α,β-unsaturated/α-hetero) is 2. The van der Waals surface area contributed by atoms with Crippen LogP contribution < -0.4 is 0 Å². The fourth-order valence-corrected chi connectivity index (χ4v) is 3.07. The Morgan fingerprint density at radius 2 is 1.85 bits per heavy atom.